The second-order valence-electron chi connectivity index (χ2n) is 44.9. The maximum Gasteiger partial charge on any atom is 0.513 e. The Morgan fingerprint density at radius 3 is 0.444 bits per heavy atom. The van der Waals surface area contributed by atoms with E-state index in [1.807, 2.05) is 262 Å². The SMILES string of the molecule is C=COC(=O)CCCC[Si](C)(C)O[Si](C)(C)O[Si](C)(C)O[Si](C)(C)O[Si](C)(C)O[Si](C)(C)O[Si](C)(C)O[Si](C)(C)O[Si](C)(C)O[Si](C)(C)O[Si](C)(C)O[Si](C)(C)O[Si](C)(C)O[Si](C)(C)O[Si](C)(C)O[Si](C)(C)O[Si](C)(C)O[Si](C)(C)O[Si](C)(C)O[Si](C)(C)O[Si](C)(C)O[Si](C)(C)O[Si](C)(C)O[Si](C)(C)O[Si](C)(C)O[Si](C)(C)O[Si](C)(C)CCCCOC(=O)OC=C. The fraction of sp³-hybridized carbons (Fsp3) is 0.912. The van der Waals surface area contributed by atoms with Crippen LogP contribution in [0.5, 0.6) is 0 Å². The zero-order chi connectivity index (χ0) is 100. The summed E-state index contributed by atoms with van der Waals surface area (Å²) in [7, 11) is -76.3. The molecule has 750 valence electrons. The molecule has 31 nitrogen and oxygen atoms in total. The van der Waals surface area contributed by atoms with E-state index in [1.54, 1.807) is 0 Å². The van der Waals surface area contributed by atoms with Crippen molar-refractivity contribution >= 4 is 243 Å². The van der Waals surface area contributed by atoms with Crippen molar-refractivity contribution in [2.75, 3.05) is 6.61 Å². The van der Waals surface area contributed by atoms with E-state index in [2.05, 4.69) is 110 Å². The van der Waals surface area contributed by atoms with Crippen LogP contribution in [0, 0.1) is 0 Å². The standard InChI is InChI=1S/C68H184O31Si27/c1-57-71-67(69)63-59-61-65-100(3,4)74-102(7,8)76-104(11,12)78-106(15,16)80-108(19,20)82-110(23,24)84-112(27,28)86-114(31,32)88-116(35,36)90-118(39,40)92-120(43,44)94-122(47,48)96-124(51,52)98-126(55,56)99-125(53,54)97-123(49,50)95-121(45,46)93-119(41,42)91-117(37,38)89-115(33,34)87-113(29,30)85-111(25,26)83-109(21,22)81-107(17,18)79-105(13,14)77-103(9,10)75-101(5,6)66-62-60-64-73-68(70)72-58-2/h57-58H,1-2,59-66H2,3-56H3. The fourth-order valence-electron chi connectivity index (χ4n) is 18.0. The lowest BCUT2D eigenvalue weighted by molar-refractivity contribution is -0.138. The minimum Gasteiger partial charge on any atom is -0.436 e. The van der Waals surface area contributed by atoms with Crippen LogP contribution in [0.1, 0.15) is 32.1 Å². The summed E-state index contributed by atoms with van der Waals surface area (Å²) in [5.74, 6) is -0.268. The molecule has 0 rings (SSSR count). The smallest absolute Gasteiger partial charge is 0.436 e. The summed E-state index contributed by atoms with van der Waals surface area (Å²) in [4.78, 5) is 23.4. The van der Waals surface area contributed by atoms with Crippen LogP contribution in [0.4, 0.5) is 4.79 Å². The minimum atomic E-state index is -2.95. The largest absolute Gasteiger partial charge is 0.513 e. The molecule has 0 aliphatic heterocycles. The molecule has 0 aromatic heterocycles. The first-order chi connectivity index (χ1) is 54.8. The third-order valence-corrected chi connectivity index (χ3v) is 122. The lowest BCUT2D eigenvalue weighted by atomic mass is 10.2. The monoisotopic (exact) mass is 2250 g/mol. The molecule has 126 heavy (non-hydrogen) atoms. The molecule has 0 aromatic rings. The molecule has 0 unspecified atom stereocenters. The van der Waals surface area contributed by atoms with Gasteiger partial charge in [-0.25, -0.2) is 4.79 Å². The zero-order valence-electron chi connectivity index (χ0n) is 89.4. The lowest BCUT2D eigenvalue weighted by Crippen LogP contribution is -2.63. The fourth-order valence-corrected chi connectivity index (χ4v) is 159. The van der Waals surface area contributed by atoms with Gasteiger partial charge >= 0.3 is 226 Å². The summed E-state index contributed by atoms with van der Waals surface area (Å²) < 4.78 is 196. The van der Waals surface area contributed by atoms with Crippen molar-refractivity contribution in [3.8, 4) is 0 Å². The molecule has 0 amide bonds. The molecule has 0 atom stereocenters. The Morgan fingerprint density at radius 1 is 0.183 bits per heavy atom. The van der Waals surface area contributed by atoms with Crippen LogP contribution in [0.3, 0.4) is 0 Å². The van der Waals surface area contributed by atoms with Crippen molar-refractivity contribution in [3.63, 3.8) is 0 Å². The van der Waals surface area contributed by atoms with Gasteiger partial charge in [-0.2, -0.15) is 0 Å². The number of carbonyl (C=O) groups is 2. The van der Waals surface area contributed by atoms with Gasteiger partial charge in [-0.15, -0.1) is 0 Å². The van der Waals surface area contributed by atoms with Crippen molar-refractivity contribution < 1.29 is 131 Å². The normalized spacial score (nSPS) is 15.5. The number of hydrogen-bond donors (Lipinski definition) is 0. The average Bonchev–Trinajstić information content (AvgIpc) is 0.802. The maximum atomic E-state index is 11.8. The zero-order valence-corrected chi connectivity index (χ0v) is 116. The van der Waals surface area contributed by atoms with Crippen LogP contribution >= 0.6 is 0 Å². The second kappa shape index (κ2) is 46.8. The second-order valence-corrected chi connectivity index (χ2v) is 144. The van der Waals surface area contributed by atoms with Gasteiger partial charge in [0.25, 0.3) is 0 Å². The Hall–Kier alpha value is 3.04. The van der Waals surface area contributed by atoms with Crippen LogP contribution in [-0.4, -0.2) is 249 Å². The highest BCUT2D eigenvalue weighted by molar-refractivity contribution is 6.98. The molecule has 58 heteroatoms. The molecular weight excluding hydrogens is 2070 g/mol. The Morgan fingerprint density at radius 2 is 0.310 bits per heavy atom. The van der Waals surface area contributed by atoms with E-state index in [4.69, 9.17) is 116 Å². The summed E-state index contributed by atoms with van der Waals surface area (Å²) in [5, 5.41) is 0. The number of hydrogen-bond acceptors (Lipinski definition) is 31. The number of carbonyl (C=O) groups excluding carboxylic acids is 2. The van der Waals surface area contributed by atoms with Crippen molar-refractivity contribution in [2.45, 2.75) is 398 Å². The van der Waals surface area contributed by atoms with E-state index in [1.165, 1.54) is 6.26 Å². The topological polar surface area (TPSA) is 302 Å². The first-order valence-corrected chi connectivity index (χ1v) is 121. The quantitative estimate of drug-likeness (QED) is 0.0236. The lowest BCUT2D eigenvalue weighted by Gasteiger charge is -2.45. The van der Waals surface area contributed by atoms with Gasteiger partial charge in [-0.1, -0.05) is 26.0 Å². The molecule has 0 N–H and O–H groups in total. The molecule has 0 bridgehead atoms. The number of ether oxygens (including phenoxy) is 3. The summed E-state index contributed by atoms with van der Waals surface area (Å²) in [6.45, 7) is 118. The van der Waals surface area contributed by atoms with E-state index >= 15 is 0 Å². The third kappa shape index (κ3) is 60.9. The van der Waals surface area contributed by atoms with E-state index < -0.39 is 237 Å². The van der Waals surface area contributed by atoms with Crippen LogP contribution in [0.2, 0.25) is 366 Å². The molecule has 0 saturated carbocycles. The molecule has 0 aromatic carbocycles. The van der Waals surface area contributed by atoms with Crippen LogP contribution in [-0.2, 0) is 126 Å². The molecule has 0 spiro atoms. The highest BCUT2D eigenvalue weighted by atomic mass is 28.6. The predicted octanol–water partition coefficient (Wildman–Crippen LogP) is 23.3. The molecule has 0 radical (unpaired) electrons. The molecule has 0 fully saturated rings. The Labute approximate surface area is 796 Å². The highest BCUT2D eigenvalue weighted by Crippen LogP contribution is 2.38. The van der Waals surface area contributed by atoms with Gasteiger partial charge in [0.15, 0.2) is 16.6 Å². The summed E-state index contributed by atoms with van der Waals surface area (Å²) in [6, 6.07) is 1.78. The van der Waals surface area contributed by atoms with Crippen molar-refractivity contribution in [1.29, 1.82) is 0 Å². The third-order valence-electron chi connectivity index (χ3n) is 16.0. The van der Waals surface area contributed by atoms with E-state index in [-0.39, 0.29) is 12.6 Å². The van der Waals surface area contributed by atoms with Gasteiger partial charge in [0.05, 0.1) is 19.1 Å². The van der Waals surface area contributed by atoms with E-state index in [9.17, 15) is 9.59 Å². The van der Waals surface area contributed by atoms with Gasteiger partial charge in [-0.05, 0) is 378 Å². The van der Waals surface area contributed by atoms with Gasteiger partial charge < -0.3 is 121 Å². The highest BCUT2D eigenvalue weighted by Gasteiger charge is 2.57. The van der Waals surface area contributed by atoms with Crippen molar-refractivity contribution in [1.82, 2.24) is 0 Å². The summed E-state index contributed by atoms with van der Waals surface area (Å²) in [5.41, 5.74) is 0. The van der Waals surface area contributed by atoms with Gasteiger partial charge in [0.2, 0.25) is 0 Å². The van der Waals surface area contributed by atoms with Gasteiger partial charge in [0.1, 0.15) is 0 Å². The molecule has 0 aliphatic rings. The Kier molecular flexibility index (Phi) is 48.0. The number of rotatable bonds is 64. The van der Waals surface area contributed by atoms with E-state index in [0.717, 1.165) is 37.6 Å². The van der Waals surface area contributed by atoms with Gasteiger partial charge in [0, 0.05) is 6.42 Å². The van der Waals surface area contributed by atoms with Gasteiger partial charge in [-0.3, -0.25) is 4.79 Å². The van der Waals surface area contributed by atoms with Crippen LogP contribution < -0.4 is 0 Å². The predicted molar refractivity (Wildman–Crippen MR) is 572 cm³/mol. The molecule has 0 aliphatic carbocycles. The first kappa shape index (κ1) is 129. The molecule has 0 saturated heterocycles. The average molecular weight is 2260 g/mol. The summed E-state index contributed by atoms with van der Waals surface area (Å²) >= 11 is 0. The Balaban J connectivity index is 5.90. The molecule has 0 heterocycles. The van der Waals surface area contributed by atoms with Crippen LogP contribution in [0.25, 0.3) is 0 Å². The first-order valence-electron chi connectivity index (χ1n) is 44.3. The van der Waals surface area contributed by atoms with Crippen molar-refractivity contribution in [2.24, 2.45) is 0 Å². The van der Waals surface area contributed by atoms with Crippen LogP contribution in [0.15, 0.2) is 25.7 Å². The molecular formula is C68H184O31Si27. The number of unbranched alkanes of at least 4 members (excludes halogenated alkanes) is 2. The minimum absolute atomic E-state index is 0.268. The van der Waals surface area contributed by atoms with E-state index in [0.29, 0.717) is 12.8 Å². The maximum absolute atomic E-state index is 11.8. The Bertz CT molecular complexity index is 3380. The summed E-state index contributed by atoms with van der Waals surface area (Å²) in [6.07, 6.45) is 4.98. The number of esters is 1. The van der Waals surface area contributed by atoms with Crippen molar-refractivity contribution in [3.05, 3.63) is 25.7 Å².